The van der Waals surface area contributed by atoms with Gasteiger partial charge in [-0.1, -0.05) is 23.4 Å². The smallest absolute Gasteiger partial charge is 0.315 e. The second-order valence-corrected chi connectivity index (χ2v) is 7.54. The van der Waals surface area contributed by atoms with Gasteiger partial charge in [-0.15, -0.1) is 0 Å². The molecule has 29 heavy (non-hydrogen) atoms. The number of aliphatic hydroxyl groups is 1. The predicted octanol–water partition coefficient (Wildman–Crippen LogP) is 2.41. The molecule has 2 amide bonds. The molecular formula is C21H29N3O5. The standard InChI is InChI=1S/C21H29N3O5/c1-14(2)23-21(26)22-12-20-19(25)9-8-17(28-20)10-15-11-18(29-24-15)13-27-16-6-4-3-5-7-16/h3-7,11,14,17,19-20,25H,8-10,12-13H2,1-2H3,(H2,22,23,26)/t17-,19-,20+/m0/s1. The summed E-state index contributed by atoms with van der Waals surface area (Å²) in [5, 5.41) is 19.8. The molecule has 158 valence electrons. The van der Waals surface area contributed by atoms with Gasteiger partial charge in [-0.25, -0.2) is 4.79 Å². The van der Waals surface area contributed by atoms with E-state index in [9.17, 15) is 9.90 Å². The van der Waals surface area contributed by atoms with Crippen molar-refractivity contribution in [1.82, 2.24) is 15.8 Å². The van der Waals surface area contributed by atoms with Crippen LogP contribution in [0.2, 0.25) is 0 Å². The highest BCUT2D eigenvalue weighted by Crippen LogP contribution is 2.23. The van der Waals surface area contributed by atoms with E-state index in [2.05, 4.69) is 15.8 Å². The zero-order valence-electron chi connectivity index (χ0n) is 16.8. The minimum absolute atomic E-state index is 0.0483. The van der Waals surface area contributed by atoms with Gasteiger partial charge in [0.1, 0.15) is 18.5 Å². The van der Waals surface area contributed by atoms with Crippen molar-refractivity contribution in [3.8, 4) is 5.75 Å². The number of nitrogens with one attached hydrogen (secondary N) is 2. The number of benzene rings is 1. The van der Waals surface area contributed by atoms with Gasteiger partial charge < -0.3 is 29.7 Å². The Balaban J connectivity index is 1.46. The molecule has 0 bridgehead atoms. The molecule has 0 unspecified atom stereocenters. The molecule has 8 nitrogen and oxygen atoms in total. The van der Waals surface area contributed by atoms with Crippen molar-refractivity contribution in [2.24, 2.45) is 0 Å². The molecule has 1 saturated heterocycles. The van der Waals surface area contributed by atoms with Gasteiger partial charge in [0.05, 0.1) is 17.9 Å². The predicted molar refractivity (Wildman–Crippen MR) is 107 cm³/mol. The summed E-state index contributed by atoms with van der Waals surface area (Å²) in [6.45, 7) is 4.33. The zero-order chi connectivity index (χ0) is 20.6. The van der Waals surface area contributed by atoms with Gasteiger partial charge in [-0.3, -0.25) is 0 Å². The molecule has 1 aromatic heterocycles. The van der Waals surface area contributed by atoms with Crippen LogP contribution in [0.25, 0.3) is 0 Å². The molecule has 1 aliphatic rings. The van der Waals surface area contributed by atoms with E-state index < -0.39 is 12.2 Å². The molecule has 0 saturated carbocycles. The Morgan fingerprint density at radius 2 is 2.10 bits per heavy atom. The van der Waals surface area contributed by atoms with Crippen LogP contribution in [0.5, 0.6) is 5.75 Å². The van der Waals surface area contributed by atoms with E-state index in [-0.39, 0.29) is 24.7 Å². The van der Waals surface area contributed by atoms with Gasteiger partial charge in [-0.2, -0.15) is 0 Å². The van der Waals surface area contributed by atoms with Gasteiger partial charge >= 0.3 is 6.03 Å². The summed E-state index contributed by atoms with van der Waals surface area (Å²) in [6.07, 6.45) is 0.781. The number of rotatable bonds is 8. The molecule has 3 rings (SSSR count). The van der Waals surface area contributed by atoms with E-state index in [1.54, 1.807) is 0 Å². The summed E-state index contributed by atoms with van der Waals surface area (Å²) in [4.78, 5) is 11.7. The Bertz CT molecular complexity index is 765. The van der Waals surface area contributed by atoms with E-state index in [0.29, 0.717) is 25.2 Å². The molecule has 0 aliphatic carbocycles. The monoisotopic (exact) mass is 403 g/mol. The fourth-order valence-corrected chi connectivity index (χ4v) is 3.21. The minimum atomic E-state index is -0.599. The van der Waals surface area contributed by atoms with Crippen molar-refractivity contribution in [3.63, 3.8) is 0 Å². The summed E-state index contributed by atoms with van der Waals surface area (Å²) in [5.41, 5.74) is 0.780. The summed E-state index contributed by atoms with van der Waals surface area (Å²) in [6, 6.07) is 11.2. The van der Waals surface area contributed by atoms with E-state index >= 15 is 0 Å². The van der Waals surface area contributed by atoms with Crippen molar-refractivity contribution in [2.75, 3.05) is 6.54 Å². The highest BCUT2D eigenvalue weighted by molar-refractivity contribution is 5.74. The van der Waals surface area contributed by atoms with Crippen LogP contribution in [0.1, 0.15) is 38.1 Å². The molecule has 8 heteroatoms. The van der Waals surface area contributed by atoms with Gasteiger partial charge in [0.25, 0.3) is 0 Å². The largest absolute Gasteiger partial charge is 0.486 e. The maximum absolute atomic E-state index is 11.7. The molecule has 0 spiro atoms. The highest BCUT2D eigenvalue weighted by atomic mass is 16.5. The first-order chi connectivity index (χ1) is 14.0. The molecule has 3 atom stereocenters. The SMILES string of the molecule is CC(C)NC(=O)NC[C@H]1O[C@H](Cc2cc(COc3ccccc3)on2)CC[C@@H]1O. The number of ether oxygens (including phenoxy) is 2. The molecule has 0 radical (unpaired) electrons. The number of carbonyl (C=O) groups is 1. The summed E-state index contributed by atoms with van der Waals surface area (Å²) < 4.78 is 17.0. The van der Waals surface area contributed by atoms with Gasteiger partial charge in [0.2, 0.25) is 0 Å². The lowest BCUT2D eigenvalue weighted by atomic mass is 9.98. The Hall–Kier alpha value is -2.58. The number of carbonyl (C=O) groups excluding carboxylic acids is 1. The number of aromatic nitrogens is 1. The van der Waals surface area contributed by atoms with Crippen LogP contribution in [0.4, 0.5) is 4.79 Å². The number of urea groups is 1. The number of hydrogen-bond donors (Lipinski definition) is 3. The van der Waals surface area contributed by atoms with Crippen LogP contribution in [0, 0.1) is 0 Å². The number of nitrogens with zero attached hydrogens (tertiary/aromatic N) is 1. The van der Waals surface area contributed by atoms with Crippen molar-refractivity contribution >= 4 is 6.03 Å². The van der Waals surface area contributed by atoms with Crippen LogP contribution in [0.3, 0.4) is 0 Å². The third-order valence-electron chi connectivity index (χ3n) is 4.63. The van der Waals surface area contributed by atoms with Crippen LogP contribution in [-0.2, 0) is 17.8 Å². The van der Waals surface area contributed by atoms with E-state index in [1.807, 2.05) is 50.2 Å². The van der Waals surface area contributed by atoms with Gasteiger partial charge in [0.15, 0.2) is 5.76 Å². The van der Waals surface area contributed by atoms with Crippen LogP contribution in [-0.4, -0.2) is 47.2 Å². The Labute approximate surface area is 170 Å². The second-order valence-electron chi connectivity index (χ2n) is 7.54. The third kappa shape index (κ3) is 6.76. The Morgan fingerprint density at radius 3 is 2.86 bits per heavy atom. The number of amides is 2. The molecule has 1 aromatic carbocycles. The van der Waals surface area contributed by atoms with Crippen LogP contribution in [0.15, 0.2) is 40.9 Å². The summed E-state index contributed by atoms with van der Waals surface area (Å²) in [7, 11) is 0. The average Bonchev–Trinajstić information content (AvgIpc) is 3.14. The maximum atomic E-state index is 11.7. The van der Waals surface area contributed by atoms with Crippen molar-refractivity contribution in [1.29, 1.82) is 0 Å². The lowest BCUT2D eigenvalue weighted by Crippen LogP contribution is -2.49. The first-order valence-electron chi connectivity index (χ1n) is 10.00. The summed E-state index contributed by atoms with van der Waals surface area (Å²) in [5.74, 6) is 1.41. The van der Waals surface area contributed by atoms with E-state index in [4.69, 9.17) is 14.0 Å². The lowest BCUT2D eigenvalue weighted by Gasteiger charge is -2.33. The van der Waals surface area contributed by atoms with Crippen molar-refractivity contribution in [2.45, 2.75) is 64.1 Å². The van der Waals surface area contributed by atoms with E-state index in [1.165, 1.54) is 0 Å². The van der Waals surface area contributed by atoms with Crippen molar-refractivity contribution in [3.05, 3.63) is 47.9 Å². The molecule has 1 fully saturated rings. The molecule has 3 N–H and O–H groups in total. The number of para-hydroxylation sites is 1. The fourth-order valence-electron chi connectivity index (χ4n) is 3.21. The molecule has 1 aliphatic heterocycles. The Kier molecular flexibility index (Phi) is 7.48. The third-order valence-corrected chi connectivity index (χ3v) is 4.63. The molecular weight excluding hydrogens is 374 g/mol. The van der Waals surface area contributed by atoms with Crippen LogP contribution < -0.4 is 15.4 Å². The first-order valence-corrected chi connectivity index (χ1v) is 10.00. The lowest BCUT2D eigenvalue weighted by molar-refractivity contribution is -0.113. The van der Waals surface area contributed by atoms with Gasteiger partial charge in [-0.05, 0) is 38.8 Å². The van der Waals surface area contributed by atoms with E-state index in [0.717, 1.165) is 17.9 Å². The van der Waals surface area contributed by atoms with Crippen molar-refractivity contribution < 1.29 is 23.9 Å². The highest BCUT2D eigenvalue weighted by Gasteiger charge is 2.30. The number of aliphatic hydroxyl groups excluding tert-OH is 1. The average molecular weight is 403 g/mol. The van der Waals surface area contributed by atoms with Crippen LogP contribution >= 0.6 is 0 Å². The topological polar surface area (TPSA) is 106 Å². The summed E-state index contributed by atoms with van der Waals surface area (Å²) >= 11 is 0. The second kappa shape index (κ2) is 10.3. The maximum Gasteiger partial charge on any atom is 0.315 e. The first kappa shape index (κ1) is 21.1. The number of hydrogen-bond acceptors (Lipinski definition) is 6. The normalized spacial score (nSPS) is 21.7. The quantitative estimate of drug-likeness (QED) is 0.625. The molecule has 2 aromatic rings. The zero-order valence-corrected chi connectivity index (χ0v) is 16.8. The van der Waals surface area contributed by atoms with Gasteiger partial charge in [0, 0.05) is 25.1 Å². The Morgan fingerprint density at radius 1 is 1.31 bits per heavy atom. The molecule has 2 heterocycles. The fraction of sp³-hybridized carbons (Fsp3) is 0.524. The minimum Gasteiger partial charge on any atom is -0.486 e.